The lowest BCUT2D eigenvalue weighted by molar-refractivity contribution is 0.0112. The van der Waals surface area contributed by atoms with Crippen molar-refractivity contribution in [3.05, 3.63) is 93.8 Å². The molecular weight excluding hydrogens is 588 g/mol. The lowest BCUT2D eigenvalue weighted by Crippen LogP contribution is -2.52. The average molecular weight is 622 g/mol. The fourth-order valence-corrected chi connectivity index (χ4v) is 6.92. The van der Waals surface area contributed by atoms with Gasteiger partial charge in [-0.25, -0.2) is 18.7 Å². The Morgan fingerprint density at radius 3 is 2.70 bits per heavy atom. The van der Waals surface area contributed by atoms with Crippen molar-refractivity contribution < 1.29 is 27.9 Å². The Labute approximate surface area is 257 Å². The Morgan fingerprint density at radius 2 is 2.02 bits per heavy atom. The number of nitrogens with zero attached hydrogens (tertiary/aromatic N) is 3. The second-order valence-electron chi connectivity index (χ2n) is 11.4. The lowest BCUT2D eigenvalue weighted by Gasteiger charge is -2.29. The van der Waals surface area contributed by atoms with Crippen molar-refractivity contribution in [1.29, 1.82) is 0 Å². The van der Waals surface area contributed by atoms with E-state index in [1.165, 1.54) is 29.9 Å². The summed E-state index contributed by atoms with van der Waals surface area (Å²) in [5.74, 6) is -3.52. The number of aromatic nitrogens is 2. The highest BCUT2D eigenvalue weighted by molar-refractivity contribution is 7.09. The molecule has 2 amide bonds. The van der Waals surface area contributed by atoms with Crippen molar-refractivity contribution >= 4 is 23.2 Å². The van der Waals surface area contributed by atoms with Gasteiger partial charge in [0.25, 0.3) is 17.7 Å². The van der Waals surface area contributed by atoms with Crippen LogP contribution in [0.5, 0.6) is 0 Å². The van der Waals surface area contributed by atoms with E-state index in [2.05, 4.69) is 20.6 Å². The van der Waals surface area contributed by atoms with Gasteiger partial charge in [0.2, 0.25) is 5.89 Å². The number of amides is 2. The molecule has 12 heteroatoms. The van der Waals surface area contributed by atoms with Crippen LogP contribution in [0.3, 0.4) is 0 Å². The summed E-state index contributed by atoms with van der Waals surface area (Å²) in [5.41, 5.74) is 2.59. The summed E-state index contributed by atoms with van der Waals surface area (Å²) in [6.07, 6.45) is 2.88. The number of hydrogen-bond donors (Lipinski definition) is 3. The number of oxazole rings is 1. The molecule has 4 heterocycles. The van der Waals surface area contributed by atoms with E-state index in [4.69, 9.17) is 4.42 Å². The number of carbonyl (C=O) groups is 2. The third kappa shape index (κ3) is 6.57. The van der Waals surface area contributed by atoms with Crippen molar-refractivity contribution in [3.8, 4) is 11.5 Å². The van der Waals surface area contributed by atoms with Crippen LogP contribution in [0.25, 0.3) is 11.5 Å². The van der Waals surface area contributed by atoms with Crippen LogP contribution in [0.1, 0.15) is 62.3 Å². The summed E-state index contributed by atoms with van der Waals surface area (Å²) in [4.78, 5) is 38.4. The molecule has 0 saturated carbocycles. The zero-order valence-corrected chi connectivity index (χ0v) is 24.9. The van der Waals surface area contributed by atoms with Crippen LogP contribution in [-0.2, 0) is 6.42 Å². The van der Waals surface area contributed by atoms with E-state index in [-0.39, 0.29) is 35.4 Å². The van der Waals surface area contributed by atoms with Crippen LogP contribution >= 0.6 is 11.3 Å². The van der Waals surface area contributed by atoms with Crippen LogP contribution in [0.2, 0.25) is 0 Å². The van der Waals surface area contributed by atoms with Gasteiger partial charge < -0.3 is 25.1 Å². The molecule has 2 aliphatic rings. The standard InChI is InChI=1S/C32H33F2N5O4S/c1-19-17-44-30(37-19)26-8-5-10-39(26)31(42)23-14-21(13-22(15-23)29-35-9-11-43-29)28(41)38-24(12-20-6-3-2-4-7-20)27(40)25-16-32(33,34)18-36-25/h2-4,6-7,9,11,13-15,17,24-27,36,40H,5,8,10,12,16,18H2,1H3,(H,38,41). The molecule has 0 aliphatic carbocycles. The summed E-state index contributed by atoms with van der Waals surface area (Å²) >= 11 is 1.52. The Bertz CT molecular complexity index is 1610. The van der Waals surface area contributed by atoms with Crippen molar-refractivity contribution in [1.82, 2.24) is 25.5 Å². The smallest absolute Gasteiger partial charge is 0.261 e. The molecule has 44 heavy (non-hydrogen) atoms. The maximum atomic E-state index is 14.0. The third-order valence-corrected chi connectivity index (χ3v) is 9.20. The first kappa shape index (κ1) is 30.0. The molecule has 2 aromatic carbocycles. The molecule has 230 valence electrons. The molecule has 2 aliphatic heterocycles. The summed E-state index contributed by atoms with van der Waals surface area (Å²) in [6.45, 7) is 1.93. The highest BCUT2D eigenvalue weighted by Crippen LogP contribution is 2.35. The molecule has 2 saturated heterocycles. The quantitative estimate of drug-likeness (QED) is 0.246. The number of likely N-dealkylation sites (tertiary alicyclic amines) is 1. The van der Waals surface area contributed by atoms with Gasteiger partial charge in [-0.05, 0) is 49.9 Å². The predicted octanol–water partition coefficient (Wildman–Crippen LogP) is 4.78. The largest absolute Gasteiger partial charge is 0.445 e. The second-order valence-corrected chi connectivity index (χ2v) is 12.3. The molecule has 4 aromatic rings. The molecule has 9 nitrogen and oxygen atoms in total. The number of aliphatic hydroxyl groups is 1. The molecule has 3 N–H and O–H groups in total. The minimum Gasteiger partial charge on any atom is -0.445 e. The van der Waals surface area contributed by atoms with Gasteiger partial charge in [0.15, 0.2) is 0 Å². The van der Waals surface area contributed by atoms with E-state index >= 15 is 0 Å². The predicted molar refractivity (Wildman–Crippen MR) is 161 cm³/mol. The SMILES string of the molecule is Cc1csc(C2CCCN2C(=O)c2cc(C(=O)NC(Cc3ccccc3)C(O)C3CC(F)(F)CN3)cc(-c3ncco3)c2)n1. The van der Waals surface area contributed by atoms with Crippen LogP contribution < -0.4 is 10.6 Å². The maximum absolute atomic E-state index is 14.0. The molecule has 2 aromatic heterocycles. The van der Waals surface area contributed by atoms with Crippen molar-refractivity contribution in [2.75, 3.05) is 13.1 Å². The minimum absolute atomic E-state index is 0.153. The van der Waals surface area contributed by atoms with Crippen LogP contribution in [0.15, 0.2) is 70.8 Å². The molecule has 6 rings (SSSR count). The first-order chi connectivity index (χ1) is 21.2. The summed E-state index contributed by atoms with van der Waals surface area (Å²) in [7, 11) is 0. The second kappa shape index (κ2) is 12.5. The van der Waals surface area contributed by atoms with E-state index in [9.17, 15) is 23.5 Å². The van der Waals surface area contributed by atoms with Gasteiger partial charge in [-0.2, -0.15) is 0 Å². The monoisotopic (exact) mass is 621 g/mol. The number of thiazole rings is 1. The van der Waals surface area contributed by atoms with Gasteiger partial charge in [0.1, 0.15) is 11.3 Å². The molecule has 0 radical (unpaired) electrons. The number of benzene rings is 2. The molecular formula is C32H33F2N5O4S. The summed E-state index contributed by atoms with van der Waals surface area (Å²) in [6, 6.07) is 12.0. The normalized spacial score (nSPS) is 20.9. The van der Waals surface area contributed by atoms with Crippen LogP contribution in [0, 0.1) is 6.92 Å². The number of nitrogens with one attached hydrogen (secondary N) is 2. The Kier molecular flexibility index (Phi) is 8.57. The van der Waals surface area contributed by atoms with Gasteiger partial charge >= 0.3 is 0 Å². The number of hydrogen-bond acceptors (Lipinski definition) is 8. The van der Waals surface area contributed by atoms with Crippen molar-refractivity contribution in [2.24, 2.45) is 0 Å². The molecule has 0 spiro atoms. The first-order valence-corrected chi connectivity index (χ1v) is 15.5. The van der Waals surface area contributed by atoms with Crippen LogP contribution in [-0.4, -0.2) is 69.0 Å². The Morgan fingerprint density at radius 1 is 1.23 bits per heavy atom. The number of alkyl halides is 2. The summed E-state index contributed by atoms with van der Waals surface area (Å²) < 4.78 is 33.5. The van der Waals surface area contributed by atoms with Gasteiger partial charge in [0, 0.05) is 46.8 Å². The van der Waals surface area contributed by atoms with E-state index in [0.717, 1.165) is 29.1 Å². The number of carbonyl (C=O) groups excluding carboxylic acids is 2. The van der Waals surface area contributed by atoms with E-state index < -0.39 is 43.0 Å². The average Bonchev–Trinajstić information content (AvgIpc) is 3.84. The fraction of sp³-hybridized carbons (Fsp3) is 0.375. The Hall–Kier alpha value is -4.00. The molecule has 0 bridgehead atoms. The van der Waals surface area contributed by atoms with Gasteiger partial charge in [-0.15, -0.1) is 11.3 Å². The highest BCUT2D eigenvalue weighted by atomic mass is 32.1. The number of aryl methyl sites for hydroxylation is 1. The van der Waals surface area contributed by atoms with Crippen molar-refractivity contribution in [2.45, 2.75) is 62.8 Å². The first-order valence-electron chi connectivity index (χ1n) is 14.6. The van der Waals surface area contributed by atoms with Gasteiger partial charge in [0.05, 0.1) is 30.9 Å². The van der Waals surface area contributed by atoms with Crippen molar-refractivity contribution in [3.63, 3.8) is 0 Å². The van der Waals surface area contributed by atoms with E-state index in [1.807, 2.05) is 42.6 Å². The zero-order valence-electron chi connectivity index (χ0n) is 24.1. The number of aliphatic hydroxyl groups excluding tert-OH is 1. The lowest BCUT2D eigenvalue weighted by atomic mass is 9.94. The molecule has 4 atom stereocenters. The number of rotatable bonds is 9. The van der Waals surface area contributed by atoms with Gasteiger partial charge in [-0.3, -0.25) is 9.59 Å². The molecule has 4 unspecified atom stereocenters. The minimum atomic E-state index is -2.95. The van der Waals surface area contributed by atoms with E-state index in [1.54, 1.807) is 17.0 Å². The van der Waals surface area contributed by atoms with Gasteiger partial charge in [-0.1, -0.05) is 30.3 Å². The molecule has 2 fully saturated rings. The summed E-state index contributed by atoms with van der Waals surface area (Å²) in [5, 5.41) is 19.6. The zero-order chi connectivity index (χ0) is 30.8. The van der Waals surface area contributed by atoms with Crippen LogP contribution in [0.4, 0.5) is 8.78 Å². The highest BCUT2D eigenvalue weighted by Gasteiger charge is 2.44. The number of halogens is 2. The fourth-order valence-electron chi connectivity index (χ4n) is 5.97. The maximum Gasteiger partial charge on any atom is 0.261 e. The third-order valence-electron chi connectivity index (χ3n) is 8.14. The Balaban J connectivity index is 1.30. The topological polar surface area (TPSA) is 121 Å². The van der Waals surface area contributed by atoms with E-state index in [0.29, 0.717) is 12.1 Å².